The molecule has 1 aromatic carbocycles. The summed E-state index contributed by atoms with van der Waals surface area (Å²) in [7, 11) is 0. The quantitative estimate of drug-likeness (QED) is 0.838. The molecule has 0 spiro atoms. The summed E-state index contributed by atoms with van der Waals surface area (Å²) in [6.45, 7) is 0. The monoisotopic (exact) mass is 298 g/mol. The molecule has 0 atom stereocenters. The van der Waals surface area contributed by atoms with E-state index in [1.807, 2.05) is 18.5 Å². The summed E-state index contributed by atoms with van der Waals surface area (Å²) in [5, 5.41) is 4.06. The lowest BCUT2D eigenvalue weighted by Gasteiger charge is -2.15. The Morgan fingerprint density at radius 3 is 2.56 bits per heavy atom. The number of nitrogens with zero attached hydrogens (tertiary/aromatic N) is 1. The average Bonchev–Trinajstić information content (AvgIpc) is 2.62. The maximum atomic E-state index is 4.06. The van der Waals surface area contributed by atoms with Crippen LogP contribution in [0.1, 0.15) is 5.56 Å². The first-order chi connectivity index (χ1) is 8.84. The second-order valence-electron chi connectivity index (χ2n) is 4.04. The Balaban J connectivity index is 2.08. The molecule has 1 aromatic rings. The van der Waals surface area contributed by atoms with Crippen LogP contribution in [0.3, 0.4) is 0 Å². The number of hydrogen-bond acceptors (Lipinski definition) is 2. The lowest BCUT2D eigenvalue weighted by atomic mass is 9.93. The van der Waals surface area contributed by atoms with E-state index in [0.717, 1.165) is 15.6 Å². The number of hydrazone groups is 1. The Labute approximate surface area is 114 Å². The van der Waals surface area contributed by atoms with Gasteiger partial charge in [-0.05, 0) is 23.3 Å². The zero-order valence-electron chi connectivity index (χ0n) is 9.60. The van der Waals surface area contributed by atoms with Crippen LogP contribution < -0.4 is 5.43 Å². The van der Waals surface area contributed by atoms with Gasteiger partial charge in [-0.3, -0.25) is 5.43 Å². The molecule has 0 bridgehead atoms. The van der Waals surface area contributed by atoms with Crippen LogP contribution in [0, 0.1) is 0 Å². The number of rotatable bonds is 1. The van der Waals surface area contributed by atoms with Crippen LogP contribution in [-0.4, -0.2) is 6.21 Å². The van der Waals surface area contributed by atoms with Gasteiger partial charge in [-0.25, -0.2) is 0 Å². The summed E-state index contributed by atoms with van der Waals surface area (Å²) >= 11 is 3.46. The molecule has 0 amide bonds. The van der Waals surface area contributed by atoms with E-state index in [9.17, 15) is 0 Å². The molecule has 1 heterocycles. The van der Waals surface area contributed by atoms with Crippen LogP contribution in [0.2, 0.25) is 0 Å². The van der Waals surface area contributed by atoms with Gasteiger partial charge in [-0.15, -0.1) is 0 Å². The fraction of sp³-hybridized carbons (Fsp3) is 0. The third-order valence-electron chi connectivity index (χ3n) is 2.89. The van der Waals surface area contributed by atoms with Gasteiger partial charge < -0.3 is 0 Å². The van der Waals surface area contributed by atoms with E-state index in [1.165, 1.54) is 11.1 Å². The molecule has 3 heteroatoms. The number of halogens is 1. The van der Waals surface area contributed by atoms with Crippen molar-refractivity contribution in [2.24, 2.45) is 5.10 Å². The van der Waals surface area contributed by atoms with Crippen LogP contribution in [0.15, 0.2) is 75.5 Å². The molecule has 18 heavy (non-hydrogen) atoms. The highest BCUT2D eigenvalue weighted by molar-refractivity contribution is 9.10. The summed E-state index contributed by atoms with van der Waals surface area (Å²) in [5.74, 6) is 0. The lowest BCUT2D eigenvalue weighted by molar-refractivity contribution is 0.956. The third-order valence-corrected chi connectivity index (χ3v) is 3.42. The minimum absolute atomic E-state index is 1.09. The second-order valence-corrected chi connectivity index (χ2v) is 4.96. The molecule has 88 valence electrons. The first kappa shape index (κ1) is 11.2. The van der Waals surface area contributed by atoms with Gasteiger partial charge in [-0.2, -0.15) is 5.10 Å². The fourth-order valence-corrected chi connectivity index (χ4v) is 2.27. The van der Waals surface area contributed by atoms with Crippen molar-refractivity contribution in [1.82, 2.24) is 5.43 Å². The zero-order chi connectivity index (χ0) is 12.4. The Morgan fingerprint density at radius 2 is 1.72 bits per heavy atom. The molecule has 0 aromatic heterocycles. The van der Waals surface area contributed by atoms with Crippen LogP contribution in [-0.2, 0) is 0 Å². The molecule has 1 aliphatic carbocycles. The van der Waals surface area contributed by atoms with Crippen molar-refractivity contribution < 1.29 is 0 Å². The second kappa shape index (κ2) is 4.78. The Hall–Kier alpha value is -1.87. The predicted molar refractivity (Wildman–Crippen MR) is 79.1 cm³/mol. The summed E-state index contributed by atoms with van der Waals surface area (Å²) < 4.78 is 1.09. The SMILES string of the molecule is Brc1ccc(C2=CC=CC=C3C=NNC=C32)cc1. The van der Waals surface area contributed by atoms with Crippen LogP contribution in [0.4, 0.5) is 0 Å². The first-order valence-corrected chi connectivity index (χ1v) is 6.48. The van der Waals surface area contributed by atoms with Crippen molar-refractivity contribution in [3.63, 3.8) is 0 Å². The normalized spacial score (nSPS) is 17.1. The predicted octanol–water partition coefficient (Wildman–Crippen LogP) is 3.80. The molecule has 2 nitrogen and oxygen atoms in total. The van der Waals surface area contributed by atoms with Crippen molar-refractivity contribution in [3.8, 4) is 0 Å². The highest BCUT2D eigenvalue weighted by Gasteiger charge is 2.14. The maximum Gasteiger partial charge on any atom is 0.0551 e. The van der Waals surface area contributed by atoms with Gasteiger partial charge >= 0.3 is 0 Å². The number of benzene rings is 1. The van der Waals surface area contributed by atoms with Crippen LogP contribution >= 0.6 is 15.9 Å². The van der Waals surface area contributed by atoms with Gasteiger partial charge in [0.05, 0.1) is 6.21 Å². The largest absolute Gasteiger partial charge is 0.285 e. The molecule has 0 saturated heterocycles. The van der Waals surface area contributed by atoms with Gasteiger partial charge in [0.15, 0.2) is 0 Å². The van der Waals surface area contributed by atoms with Crippen LogP contribution in [0.5, 0.6) is 0 Å². The fourth-order valence-electron chi connectivity index (χ4n) is 2.01. The molecular formula is C15H11BrN2. The van der Waals surface area contributed by atoms with E-state index >= 15 is 0 Å². The molecule has 0 saturated carbocycles. The van der Waals surface area contributed by atoms with Crippen molar-refractivity contribution in [1.29, 1.82) is 0 Å². The Bertz CT molecular complexity index is 616. The topological polar surface area (TPSA) is 24.4 Å². The average molecular weight is 299 g/mol. The molecule has 3 rings (SSSR count). The van der Waals surface area contributed by atoms with E-state index in [0.29, 0.717) is 0 Å². The van der Waals surface area contributed by atoms with E-state index < -0.39 is 0 Å². The highest BCUT2D eigenvalue weighted by Crippen LogP contribution is 2.31. The minimum Gasteiger partial charge on any atom is -0.285 e. The zero-order valence-corrected chi connectivity index (χ0v) is 11.2. The van der Waals surface area contributed by atoms with E-state index in [4.69, 9.17) is 0 Å². The minimum atomic E-state index is 1.09. The molecule has 1 aliphatic heterocycles. The number of fused-ring (bicyclic) bond motifs is 1. The van der Waals surface area contributed by atoms with Crippen molar-refractivity contribution >= 4 is 27.7 Å². The van der Waals surface area contributed by atoms with Crippen molar-refractivity contribution in [2.45, 2.75) is 0 Å². The van der Waals surface area contributed by atoms with E-state index in [1.54, 1.807) is 0 Å². The van der Waals surface area contributed by atoms with Gasteiger partial charge in [0.1, 0.15) is 0 Å². The number of allylic oxidation sites excluding steroid dienone is 7. The molecule has 0 fully saturated rings. The standard InChI is InChI=1S/C15H11BrN2/c16-13-7-5-11(6-8-13)14-4-2-1-3-12-9-17-18-10-15(12)14/h1-10,18H. The lowest BCUT2D eigenvalue weighted by Crippen LogP contribution is -2.08. The summed E-state index contributed by atoms with van der Waals surface area (Å²) in [6.07, 6.45) is 12.1. The van der Waals surface area contributed by atoms with E-state index in [-0.39, 0.29) is 0 Å². The van der Waals surface area contributed by atoms with Crippen LogP contribution in [0.25, 0.3) is 5.57 Å². The molecule has 2 aliphatic rings. The smallest absolute Gasteiger partial charge is 0.0551 e. The number of hydrogen-bond donors (Lipinski definition) is 1. The first-order valence-electron chi connectivity index (χ1n) is 5.69. The molecule has 0 radical (unpaired) electrons. The van der Waals surface area contributed by atoms with Crippen molar-refractivity contribution in [2.75, 3.05) is 0 Å². The van der Waals surface area contributed by atoms with Gasteiger partial charge in [0.25, 0.3) is 0 Å². The summed E-state index contributed by atoms with van der Waals surface area (Å²) in [5.41, 5.74) is 7.59. The molecule has 1 N–H and O–H groups in total. The maximum absolute atomic E-state index is 4.06. The number of nitrogens with one attached hydrogen (secondary N) is 1. The van der Waals surface area contributed by atoms with Gasteiger partial charge in [0.2, 0.25) is 0 Å². The third kappa shape index (κ3) is 2.09. The summed E-state index contributed by atoms with van der Waals surface area (Å²) in [4.78, 5) is 0. The Kier molecular flexibility index (Phi) is 2.99. The van der Waals surface area contributed by atoms with E-state index in [2.05, 4.69) is 69.0 Å². The van der Waals surface area contributed by atoms with Crippen molar-refractivity contribution in [3.05, 3.63) is 76.0 Å². The van der Waals surface area contributed by atoms with Gasteiger partial charge in [-0.1, -0.05) is 52.4 Å². The van der Waals surface area contributed by atoms with Gasteiger partial charge in [0, 0.05) is 21.8 Å². The highest BCUT2D eigenvalue weighted by atomic mass is 79.9. The Morgan fingerprint density at radius 1 is 0.944 bits per heavy atom. The summed E-state index contributed by atoms with van der Waals surface area (Å²) in [6, 6.07) is 8.33. The molecule has 0 unspecified atom stereocenters. The molecular weight excluding hydrogens is 288 g/mol.